The summed E-state index contributed by atoms with van der Waals surface area (Å²) in [6, 6.07) is 6.10. The van der Waals surface area contributed by atoms with Crippen LogP contribution in [0.15, 0.2) is 29.2 Å². The van der Waals surface area contributed by atoms with Crippen LogP contribution in [0.3, 0.4) is 0 Å². The van der Waals surface area contributed by atoms with Gasteiger partial charge in [0.05, 0.1) is 10.9 Å². The van der Waals surface area contributed by atoms with Crippen LogP contribution in [0.2, 0.25) is 0 Å². The largest absolute Gasteiger partial charge is 0.383 e. The standard InChI is InChI=1S/C21H31N3O5S/c1-21(2,3)14-18(25)20(27)23-12-10-22(11-13-23)17-8-9-24(19(17)26)15-4-6-16(7-5-15)30(28)29/h4-7,17-18,25,30H,8-14H2,1-3H3/t17-,18+/m0/s1. The summed E-state index contributed by atoms with van der Waals surface area (Å²) in [4.78, 5) is 31.2. The quantitative estimate of drug-likeness (QED) is 0.659. The van der Waals surface area contributed by atoms with E-state index in [0.717, 1.165) is 0 Å². The van der Waals surface area contributed by atoms with E-state index in [-0.39, 0.29) is 28.2 Å². The first-order chi connectivity index (χ1) is 14.1. The summed E-state index contributed by atoms with van der Waals surface area (Å²) >= 11 is 0. The van der Waals surface area contributed by atoms with E-state index >= 15 is 0 Å². The number of aliphatic hydroxyl groups excluding tert-OH is 1. The molecule has 2 fully saturated rings. The Morgan fingerprint density at radius 2 is 1.70 bits per heavy atom. The molecule has 8 nitrogen and oxygen atoms in total. The zero-order valence-corrected chi connectivity index (χ0v) is 18.7. The second-order valence-corrected chi connectivity index (χ2v) is 10.2. The topological polar surface area (TPSA) is 98.2 Å². The van der Waals surface area contributed by atoms with Gasteiger partial charge in [0.1, 0.15) is 6.10 Å². The Bertz CT molecular complexity index is 846. The summed E-state index contributed by atoms with van der Waals surface area (Å²) in [7, 11) is -2.63. The van der Waals surface area contributed by atoms with Gasteiger partial charge in [-0.15, -0.1) is 0 Å². The van der Waals surface area contributed by atoms with Gasteiger partial charge in [-0.05, 0) is 42.5 Å². The highest BCUT2D eigenvalue weighted by atomic mass is 32.2. The zero-order chi connectivity index (χ0) is 22.1. The van der Waals surface area contributed by atoms with E-state index in [4.69, 9.17) is 0 Å². The van der Waals surface area contributed by atoms with Crippen molar-refractivity contribution in [2.75, 3.05) is 37.6 Å². The number of piperazine rings is 1. The number of carbonyl (C=O) groups is 2. The van der Waals surface area contributed by atoms with Gasteiger partial charge in [-0.2, -0.15) is 0 Å². The maximum atomic E-state index is 12.9. The second kappa shape index (κ2) is 9.03. The predicted molar refractivity (Wildman–Crippen MR) is 114 cm³/mol. The van der Waals surface area contributed by atoms with Gasteiger partial charge in [-0.25, -0.2) is 8.42 Å². The van der Waals surface area contributed by atoms with E-state index in [1.165, 1.54) is 12.1 Å². The number of rotatable bonds is 5. The first-order valence-electron chi connectivity index (χ1n) is 10.3. The molecule has 9 heteroatoms. The Labute approximate surface area is 179 Å². The van der Waals surface area contributed by atoms with Gasteiger partial charge in [-0.3, -0.25) is 14.5 Å². The maximum absolute atomic E-state index is 12.9. The van der Waals surface area contributed by atoms with E-state index in [1.54, 1.807) is 21.9 Å². The van der Waals surface area contributed by atoms with Crippen molar-refractivity contribution in [3.63, 3.8) is 0 Å². The van der Waals surface area contributed by atoms with Gasteiger partial charge < -0.3 is 14.9 Å². The van der Waals surface area contributed by atoms with E-state index < -0.39 is 16.8 Å². The van der Waals surface area contributed by atoms with Crippen LogP contribution in [0.5, 0.6) is 0 Å². The van der Waals surface area contributed by atoms with Crippen molar-refractivity contribution in [1.82, 2.24) is 9.80 Å². The molecule has 0 saturated carbocycles. The van der Waals surface area contributed by atoms with Crippen LogP contribution in [0, 0.1) is 5.41 Å². The van der Waals surface area contributed by atoms with Gasteiger partial charge in [0.15, 0.2) is 10.7 Å². The molecule has 2 aliphatic rings. The van der Waals surface area contributed by atoms with Crippen LogP contribution in [0.25, 0.3) is 0 Å². The minimum Gasteiger partial charge on any atom is -0.383 e. The fourth-order valence-electron chi connectivity index (χ4n) is 4.15. The minimum absolute atomic E-state index is 0.00167. The lowest BCUT2D eigenvalue weighted by Gasteiger charge is -2.38. The zero-order valence-electron chi connectivity index (χ0n) is 17.8. The molecule has 2 aliphatic heterocycles. The lowest BCUT2D eigenvalue weighted by Crippen LogP contribution is -2.55. The van der Waals surface area contributed by atoms with Crippen LogP contribution >= 0.6 is 0 Å². The van der Waals surface area contributed by atoms with E-state index in [1.807, 2.05) is 20.8 Å². The molecule has 1 aromatic rings. The van der Waals surface area contributed by atoms with E-state index in [2.05, 4.69) is 4.90 Å². The Kier molecular flexibility index (Phi) is 6.84. The number of amides is 2. The molecule has 2 heterocycles. The molecule has 2 saturated heterocycles. The smallest absolute Gasteiger partial charge is 0.251 e. The van der Waals surface area contributed by atoms with Crippen molar-refractivity contribution in [3.05, 3.63) is 24.3 Å². The van der Waals surface area contributed by atoms with Crippen molar-refractivity contribution >= 4 is 28.2 Å². The van der Waals surface area contributed by atoms with Crippen molar-refractivity contribution in [1.29, 1.82) is 0 Å². The van der Waals surface area contributed by atoms with Crippen molar-refractivity contribution < 1.29 is 23.1 Å². The molecule has 0 aliphatic carbocycles. The van der Waals surface area contributed by atoms with Gasteiger partial charge in [0, 0.05) is 38.4 Å². The molecule has 2 amide bonds. The molecular formula is C21H31N3O5S. The van der Waals surface area contributed by atoms with Gasteiger partial charge in [0.25, 0.3) is 5.91 Å². The average molecular weight is 438 g/mol. The molecule has 1 aromatic carbocycles. The van der Waals surface area contributed by atoms with Crippen molar-refractivity contribution in [2.24, 2.45) is 5.41 Å². The Hall–Kier alpha value is -1.97. The van der Waals surface area contributed by atoms with Crippen LogP contribution in [-0.4, -0.2) is 80.0 Å². The summed E-state index contributed by atoms with van der Waals surface area (Å²) < 4.78 is 22.1. The van der Waals surface area contributed by atoms with Gasteiger partial charge in [0.2, 0.25) is 5.91 Å². The van der Waals surface area contributed by atoms with Crippen LogP contribution in [0.1, 0.15) is 33.6 Å². The fourth-order valence-corrected chi connectivity index (χ4v) is 4.54. The first-order valence-corrected chi connectivity index (χ1v) is 11.5. The molecular weight excluding hydrogens is 406 g/mol. The van der Waals surface area contributed by atoms with E-state index in [9.17, 15) is 23.1 Å². The first kappa shape index (κ1) is 22.7. The lowest BCUT2D eigenvalue weighted by atomic mass is 9.89. The molecule has 30 heavy (non-hydrogen) atoms. The minimum atomic E-state index is -2.63. The third kappa shape index (κ3) is 5.19. The normalized spacial score (nSPS) is 22.0. The highest BCUT2D eigenvalue weighted by molar-refractivity contribution is 7.72. The highest BCUT2D eigenvalue weighted by Gasteiger charge is 2.39. The summed E-state index contributed by atoms with van der Waals surface area (Å²) in [6.45, 7) is 8.73. The molecule has 3 rings (SSSR count). The summed E-state index contributed by atoms with van der Waals surface area (Å²) in [6.07, 6.45) is 0.116. The highest BCUT2D eigenvalue weighted by Crippen LogP contribution is 2.26. The average Bonchev–Trinajstić information content (AvgIpc) is 3.07. The fraction of sp³-hybridized carbons (Fsp3) is 0.619. The number of thiol groups is 1. The Morgan fingerprint density at radius 1 is 1.10 bits per heavy atom. The molecule has 0 bridgehead atoms. The number of hydrogen-bond donors (Lipinski definition) is 2. The summed E-state index contributed by atoms with van der Waals surface area (Å²) in [5.41, 5.74) is 0.570. The number of carbonyl (C=O) groups excluding carboxylic acids is 2. The monoisotopic (exact) mass is 437 g/mol. The second-order valence-electron chi connectivity index (χ2n) is 9.21. The molecule has 2 atom stereocenters. The predicted octanol–water partition coefficient (Wildman–Crippen LogP) is 0.704. The molecule has 1 N–H and O–H groups in total. The molecule has 0 radical (unpaired) electrons. The third-order valence-electron chi connectivity index (χ3n) is 5.71. The molecule has 0 spiro atoms. The Balaban J connectivity index is 1.56. The number of hydrogen-bond acceptors (Lipinski definition) is 6. The number of aliphatic hydroxyl groups is 1. The number of anilines is 1. The van der Waals surface area contributed by atoms with Gasteiger partial charge >= 0.3 is 0 Å². The van der Waals surface area contributed by atoms with Crippen LogP contribution < -0.4 is 4.90 Å². The Morgan fingerprint density at radius 3 is 2.23 bits per heavy atom. The van der Waals surface area contributed by atoms with Gasteiger partial charge in [-0.1, -0.05) is 20.8 Å². The van der Waals surface area contributed by atoms with E-state index in [0.29, 0.717) is 51.3 Å². The van der Waals surface area contributed by atoms with Crippen LogP contribution in [-0.2, 0) is 20.3 Å². The maximum Gasteiger partial charge on any atom is 0.251 e. The van der Waals surface area contributed by atoms with Crippen LogP contribution in [0.4, 0.5) is 5.69 Å². The summed E-state index contributed by atoms with van der Waals surface area (Å²) in [5, 5.41) is 10.2. The molecule has 166 valence electrons. The van der Waals surface area contributed by atoms with Crippen molar-refractivity contribution in [3.8, 4) is 0 Å². The SMILES string of the molecule is CC(C)(C)C[C@@H](O)C(=O)N1CCN([C@H]2CCN(c3ccc([SH](=O)=O)cc3)C2=O)CC1. The summed E-state index contributed by atoms with van der Waals surface area (Å²) in [5.74, 6) is -0.234. The lowest BCUT2D eigenvalue weighted by molar-refractivity contribution is -0.144. The van der Waals surface area contributed by atoms with Crippen molar-refractivity contribution in [2.45, 2.75) is 50.7 Å². The molecule has 0 aromatic heterocycles. The third-order valence-corrected chi connectivity index (χ3v) is 6.43. The number of benzene rings is 1. The number of nitrogens with zero attached hydrogens (tertiary/aromatic N) is 3. The molecule has 0 unspecified atom stereocenters.